The Hall–Kier alpha value is 0. The maximum absolute atomic E-state index is 2.37. The molecule has 0 N–H and O–H groups in total. The maximum atomic E-state index is 2.37. The molecule has 0 atom stereocenters. The Balaban J connectivity index is 0. The van der Waals surface area contributed by atoms with Crippen molar-refractivity contribution in [1.82, 2.24) is 0 Å². The van der Waals surface area contributed by atoms with Crippen molar-refractivity contribution in [2.45, 2.75) is 80.1 Å². The molecule has 1 fully saturated rings. The van der Waals surface area contributed by atoms with Crippen LogP contribution in [0.3, 0.4) is 0 Å². The zero-order chi connectivity index (χ0) is 11.4. The molecule has 0 bridgehead atoms. The van der Waals surface area contributed by atoms with Crippen LogP contribution in [0.5, 0.6) is 0 Å². The molecule has 0 saturated heterocycles. The highest BCUT2D eigenvalue weighted by Gasteiger charge is 2.13. The third-order valence-corrected chi connectivity index (χ3v) is 2.30. The van der Waals surface area contributed by atoms with Gasteiger partial charge in [-0.2, -0.15) is 0 Å². The van der Waals surface area contributed by atoms with E-state index in [0.717, 1.165) is 11.8 Å². The van der Waals surface area contributed by atoms with Crippen LogP contribution in [0.4, 0.5) is 0 Å². The summed E-state index contributed by atoms with van der Waals surface area (Å²) in [6.45, 7) is 13.2. The van der Waals surface area contributed by atoms with E-state index in [0.29, 0.717) is 0 Å². The van der Waals surface area contributed by atoms with Gasteiger partial charge in [-0.25, -0.2) is 0 Å². The Morgan fingerprint density at radius 1 is 0.643 bits per heavy atom. The third-order valence-electron chi connectivity index (χ3n) is 2.30. The van der Waals surface area contributed by atoms with Gasteiger partial charge in [0, 0.05) is 0 Å². The second-order valence-corrected chi connectivity index (χ2v) is 4.78. The zero-order valence-corrected chi connectivity index (χ0v) is 11.4. The highest BCUT2D eigenvalue weighted by molar-refractivity contribution is 4.65. The molecule has 0 spiro atoms. The molecule has 0 heterocycles. The SMILES string of the molecule is CC1CCC(C)CC1.CCC.CCC. The molecule has 0 unspecified atom stereocenters. The number of hydrogen-bond donors (Lipinski definition) is 0. The van der Waals surface area contributed by atoms with E-state index >= 15 is 0 Å². The van der Waals surface area contributed by atoms with Gasteiger partial charge in [0.25, 0.3) is 0 Å². The first-order valence-electron chi connectivity index (χ1n) is 6.62. The molecular formula is C14H32. The Kier molecular flexibility index (Phi) is 15.3. The molecule has 1 rings (SSSR count). The summed E-state index contributed by atoms with van der Waals surface area (Å²) in [7, 11) is 0. The van der Waals surface area contributed by atoms with Gasteiger partial charge in [-0.15, -0.1) is 0 Å². The first-order valence-corrected chi connectivity index (χ1v) is 6.62. The minimum Gasteiger partial charge on any atom is -0.0656 e. The van der Waals surface area contributed by atoms with Crippen LogP contribution in [0.2, 0.25) is 0 Å². The van der Waals surface area contributed by atoms with Gasteiger partial charge < -0.3 is 0 Å². The molecule has 0 aliphatic heterocycles. The largest absolute Gasteiger partial charge is 0.0656 e. The predicted octanol–water partition coefficient (Wildman–Crippen LogP) is 5.67. The molecule has 1 saturated carbocycles. The summed E-state index contributed by atoms with van der Waals surface area (Å²) in [6.07, 6.45) is 8.39. The van der Waals surface area contributed by atoms with Crippen LogP contribution in [0, 0.1) is 11.8 Å². The fourth-order valence-electron chi connectivity index (χ4n) is 1.43. The van der Waals surface area contributed by atoms with Crippen molar-refractivity contribution in [3.05, 3.63) is 0 Å². The monoisotopic (exact) mass is 200 g/mol. The summed E-state index contributed by atoms with van der Waals surface area (Å²) in [5.41, 5.74) is 0. The fraction of sp³-hybridized carbons (Fsp3) is 1.00. The molecule has 0 radical (unpaired) electrons. The predicted molar refractivity (Wildman–Crippen MR) is 68.7 cm³/mol. The van der Waals surface area contributed by atoms with Crippen LogP contribution in [0.25, 0.3) is 0 Å². The smallest absolute Gasteiger partial charge is 0.0443 e. The highest BCUT2D eigenvalue weighted by atomic mass is 14.2. The molecule has 1 aliphatic carbocycles. The van der Waals surface area contributed by atoms with Crippen molar-refractivity contribution in [2.24, 2.45) is 11.8 Å². The van der Waals surface area contributed by atoms with Crippen LogP contribution in [0.1, 0.15) is 80.1 Å². The second-order valence-electron chi connectivity index (χ2n) is 4.78. The van der Waals surface area contributed by atoms with Crippen molar-refractivity contribution in [3.8, 4) is 0 Å². The van der Waals surface area contributed by atoms with Crippen LogP contribution >= 0.6 is 0 Å². The summed E-state index contributed by atoms with van der Waals surface area (Å²) in [5, 5.41) is 0. The lowest BCUT2D eigenvalue weighted by Crippen LogP contribution is -2.08. The van der Waals surface area contributed by atoms with Gasteiger partial charge in [0.15, 0.2) is 0 Å². The van der Waals surface area contributed by atoms with Crippen LogP contribution < -0.4 is 0 Å². The van der Waals surface area contributed by atoms with Crippen LogP contribution in [-0.2, 0) is 0 Å². The quantitative estimate of drug-likeness (QED) is 0.473. The lowest BCUT2D eigenvalue weighted by molar-refractivity contribution is 0.308. The van der Waals surface area contributed by atoms with Gasteiger partial charge in [-0.3, -0.25) is 0 Å². The molecule has 0 aromatic carbocycles. The Bertz CT molecular complexity index is 66.0. The maximum Gasteiger partial charge on any atom is -0.0443 e. The first kappa shape index (κ1) is 16.4. The van der Waals surface area contributed by atoms with Gasteiger partial charge in [0.05, 0.1) is 0 Å². The van der Waals surface area contributed by atoms with Crippen LogP contribution in [0.15, 0.2) is 0 Å². The molecular weight excluding hydrogens is 168 g/mol. The molecule has 88 valence electrons. The highest BCUT2D eigenvalue weighted by Crippen LogP contribution is 2.27. The van der Waals surface area contributed by atoms with E-state index < -0.39 is 0 Å². The van der Waals surface area contributed by atoms with E-state index in [1.54, 1.807) is 0 Å². The van der Waals surface area contributed by atoms with Gasteiger partial charge in [-0.05, 0) is 11.8 Å². The molecule has 1 aliphatic rings. The van der Waals surface area contributed by atoms with Gasteiger partial charge in [-0.1, -0.05) is 80.1 Å². The van der Waals surface area contributed by atoms with Gasteiger partial charge in [0.2, 0.25) is 0 Å². The lowest BCUT2D eigenvalue weighted by atomic mass is 9.84. The summed E-state index contributed by atoms with van der Waals surface area (Å²) >= 11 is 0. The Morgan fingerprint density at radius 2 is 0.786 bits per heavy atom. The summed E-state index contributed by atoms with van der Waals surface area (Å²) in [5.74, 6) is 2.04. The van der Waals surface area contributed by atoms with Crippen molar-refractivity contribution in [3.63, 3.8) is 0 Å². The molecule has 0 nitrogen and oxygen atoms in total. The van der Waals surface area contributed by atoms with Crippen molar-refractivity contribution in [1.29, 1.82) is 0 Å². The molecule has 0 aromatic rings. The standard InChI is InChI=1S/C8H16.2C3H8/c1-7-3-5-8(2)6-4-7;2*1-3-2/h7-8H,3-6H2,1-2H3;2*3H2,1-2H3. The van der Waals surface area contributed by atoms with Crippen molar-refractivity contribution < 1.29 is 0 Å². The van der Waals surface area contributed by atoms with E-state index in [1.165, 1.54) is 38.5 Å². The van der Waals surface area contributed by atoms with E-state index in [1.807, 2.05) is 0 Å². The van der Waals surface area contributed by atoms with Gasteiger partial charge in [0.1, 0.15) is 0 Å². The molecule has 14 heavy (non-hydrogen) atoms. The number of hydrogen-bond acceptors (Lipinski definition) is 0. The normalized spacial score (nSPS) is 25.3. The topological polar surface area (TPSA) is 0 Å². The van der Waals surface area contributed by atoms with Crippen LogP contribution in [-0.4, -0.2) is 0 Å². The average molecular weight is 200 g/mol. The second kappa shape index (κ2) is 13.0. The first-order chi connectivity index (χ1) is 6.62. The third kappa shape index (κ3) is 14.5. The van der Waals surface area contributed by atoms with E-state index in [9.17, 15) is 0 Å². The molecule has 0 heteroatoms. The Labute approximate surface area is 92.5 Å². The minimum absolute atomic E-state index is 1.02. The summed E-state index contributed by atoms with van der Waals surface area (Å²) in [4.78, 5) is 0. The van der Waals surface area contributed by atoms with E-state index in [-0.39, 0.29) is 0 Å². The summed E-state index contributed by atoms with van der Waals surface area (Å²) < 4.78 is 0. The van der Waals surface area contributed by atoms with Gasteiger partial charge >= 0.3 is 0 Å². The molecule has 0 aromatic heterocycles. The fourth-order valence-corrected chi connectivity index (χ4v) is 1.43. The number of rotatable bonds is 0. The Morgan fingerprint density at radius 3 is 0.929 bits per heavy atom. The van der Waals surface area contributed by atoms with Crippen molar-refractivity contribution in [2.75, 3.05) is 0 Å². The van der Waals surface area contributed by atoms with E-state index in [4.69, 9.17) is 0 Å². The zero-order valence-electron chi connectivity index (χ0n) is 11.4. The summed E-state index contributed by atoms with van der Waals surface area (Å²) in [6, 6.07) is 0. The minimum atomic E-state index is 1.02. The van der Waals surface area contributed by atoms with Crippen molar-refractivity contribution >= 4 is 0 Å². The molecule has 0 amide bonds. The average Bonchev–Trinajstić information content (AvgIpc) is 2.13. The lowest BCUT2D eigenvalue weighted by Gasteiger charge is -2.22. The van der Waals surface area contributed by atoms with E-state index in [2.05, 4.69) is 41.5 Å².